The molecular weight excluding hydrogens is 249 g/mol. The quantitative estimate of drug-likeness (QED) is 0.825. The maximum atomic E-state index is 13.1. The maximum absolute atomic E-state index is 13.1. The van der Waals surface area contributed by atoms with Gasteiger partial charge in [-0.05, 0) is 55.7 Å². The summed E-state index contributed by atoms with van der Waals surface area (Å²) < 4.78 is 13.1. The summed E-state index contributed by atoms with van der Waals surface area (Å²) in [5, 5.41) is 3.71. The molecule has 2 fully saturated rings. The number of rotatable bonds is 3. The number of anilines is 1. The predicted molar refractivity (Wildman–Crippen MR) is 73.5 cm³/mol. The zero-order valence-corrected chi connectivity index (χ0v) is 11.2. The van der Waals surface area contributed by atoms with Gasteiger partial charge in [0.15, 0.2) is 0 Å². The van der Waals surface area contributed by atoms with Gasteiger partial charge in [-0.25, -0.2) is 4.39 Å². The third-order valence-corrected chi connectivity index (χ3v) is 4.58. The van der Waals surface area contributed by atoms with Gasteiger partial charge >= 0.3 is 0 Å². The summed E-state index contributed by atoms with van der Waals surface area (Å²) in [6.07, 6.45) is 8.05. The fourth-order valence-electron chi connectivity index (χ4n) is 3.18. The smallest absolute Gasteiger partial charge is 0.141 e. The van der Waals surface area contributed by atoms with Crippen LogP contribution in [-0.4, -0.2) is 6.04 Å². The predicted octanol–water partition coefficient (Wildman–Crippen LogP) is 4.86. The SMILES string of the molecule is Fc1ccc(NC2CCCC(C3CC3)C2)cc1Cl. The van der Waals surface area contributed by atoms with Crippen LogP contribution in [0.15, 0.2) is 18.2 Å². The Bertz CT molecular complexity index is 431. The summed E-state index contributed by atoms with van der Waals surface area (Å²) >= 11 is 5.81. The zero-order valence-electron chi connectivity index (χ0n) is 10.5. The number of benzene rings is 1. The molecule has 2 atom stereocenters. The van der Waals surface area contributed by atoms with E-state index in [4.69, 9.17) is 11.6 Å². The van der Waals surface area contributed by atoms with Crippen molar-refractivity contribution in [3.63, 3.8) is 0 Å². The molecule has 0 aromatic heterocycles. The average molecular weight is 268 g/mol. The van der Waals surface area contributed by atoms with Crippen molar-refractivity contribution >= 4 is 17.3 Å². The normalized spacial score (nSPS) is 28.1. The first kappa shape index (κ1) is 12.3. The molecule has 98 valence electrons. The van der Waals surface area contributed by atoms with Crippen LogP contribution < -0.4 is 5.32 Å². The van der Waals surface area contributed by atoms with Crippen molar-refractivity contribution in [3.8, 4) is 0 Å². The van der Waals surface area contributed by atoms with E-state index < -0.39 is 0 Å². The highest BCUT2D eigenvalue weighted by molar-refractivity contribution is 6.31. The molecule has 1 nitrogen and oxygen atoms in total. The molecule has 2 aliphatic carbocycles. The summed E-state index contributed by atoms with van der Waals surface area (Å²) in [6, 6.07) is 5.44. The summed E-state index contributed by atoms with van der Waals surface area (Å²) in [7, 11) is 0. The fourth-order valence-corrected chi connectivity index (χ4v) is 3.36. The van der Waals surface area contributed by atoms with Gasteiger partial charge in [0.1, 0.15) is 5.82 Å². The fraction of sp³-hybridized carbons (Fsp3) is 0.600. The van der Waals surface area contributed by atoms with E-state index in [1.807, 2.05) is 0 Å². The Hall–Kier alpha value is -0.760. The molecule has 2 aliphatic rings. The van der Waals surface area contributed by atoms with Crippen molar-refractivity contribution in [1.29, 1.82) is 0 Å². The molecule has 3 heteroatoms. The second kappa shape index (κ2) is 5.08. The Morgan fingerprint density at radius 1 is 1.11 bits per heavy atom. The third-order valence-electron chi connectivity index (χ3n) is 4.29. The lowest BCUT2D eigenvalue weighted by atomic mass is 9.82. The minimum absolute atomic E-state index is 0.203. The van der Waals surface area contributed by atoms with Crippen LogP contribution in [0.2, 0.25) is 5.02 Å². The second-order valence-electron chi connectivity index (χ2n) is 5.73. The molecule has 0 bridgehead atoms. The Labute approximate surface area is 113 Å². The Kier molecular flexibility index (Phi) is 3.47. The monoisotopic (exact) mass is 267 g/mol. The molecule has 1 N–H and O–H groups in total. The van der Waals surface area contributed by atoms with Crippen LogP contribution >= 0.6 is 11.6 Å². The second-order valence-corrected chi connectivity index (χ2v) is 6.14. The van der Waals surface area contributed by atoms with Crippen molar-refractivity contribution in [2.24, 2.45) is 11.8 Å². The number of nitrogens with one attached hydrogen (secondary N) is 1. The van der Waals surface area contributed by atoms with Crippen molar-refractivity contribution in [1.82, 2.24) is 0 Å². The van der Waals surface area contributed by atoms with Crippen molar-refractivity contribution in [2.75, 3.05) is 5.32 Å². The molecule has 18 heavy (non-hydrogen) atoms. The molecular formula is C15H19ClFN. The topological polar surface area (TPSA) is 12.0 Å². The highest BCUT2D eigenvalue weighted by Gasteiger charge is 2.34. The molecule has 0 heterocycles. The first-order valence-electron chi connectivity index (χ1n) is 6.94. The highest BCUT2D eigenvalue weighted by Crippen LogP contribution is 2.44. The maximum Gasteiger partial charge on any atom is 0.141 e. The Morgan fingerprint density at radius 2 is 1.94 bits per heavy atom. The summed E-state index contributed by atoms with van der Waals surface area (Å²) in [6.45, 7) is 0. The van der Waals surface area contributed by atoms with Gasteiger partial charge in [0.2, 0.25) is 0 Å². The van der Waals surface area contributed by atoms with E-state index in [9.17, 15) is 4.39 Å². The summed E-state index contributed by atoms with van der Waals surface area (Å²) in [5.41, 5.74) is 0.947. The number of hydrogen-bond donors (Lipinski definition) is 1. The minimum Gasteiger partial charge on any atom is -0.382 e. The van der Waals surface area contributed by atoms with E-state index in [2.05, 4.69) is 5.32 Å². The first-order valence-corrected chi connectivity index (χ1v) is 7.32. The van der Waals surface area contributed by atoms with Gasteiger partial charge in [-0.1, -0.05) is 24.4 Å². The molecule has 0 saturated heterocycles. The van der Waals surface area contributed by atoms with E-state index in [1.54, 1.807) is 12.1 Å². The van der Waals surface area contributed by atoms with E-state index in [0.29, 0.717) is 6.04 Å². The number of hydrogen-bond acceptors (Lipinski definition) is 1. The molecule has 0 aliphatic heterocycles. The van der Waals surface area contributed by atoms with Gasteiger partial charge in [0.05, 0.1) is 5.02 Å². The third kappa shape index (κ3) is 2.80. The van der Waals surface area contributed by atoms with E-state index >= 15 is 0 Å². The molecule has 1 aromatic carbocycles. The highest BCUT2D eigenvalue weighted by atomic mass is 35.5. The summed E-state index contributed by atoms with van der Waals surface area (Å²) in [5.74, 6) is 1.56. The standard InChI is InChI=1S/C15H19ClFN/c16-14-9-13(6-7-15(14)17)18-12-3-1-2-11(8-12)10-4-5-10/h6-7,9-12,18H,1-5,8H2. The Morgan fingerprint density at radius 3 is 2.67 bits per heavy atom. The molecule has 3 rings (SSSR count). The van der Waals surface area contributed by atoms with Crippen molar-refractivity contribution in [2.45, 2.75) is 44.6 Å². The molecule has 1 aromatic rings. The minimum atomic E-state index is -0.346. The van der Waals surface area contributed by atoms with E-state index in [0.717, 1.165) is 17.5 Å². The summed E-state index contributed by atoms with van der Waals surface area (Å²) in [4.78, 5) is 0. The van der Waals surface area contributed by atoms with Crippen LogP contribution in [0.5, 0.6) is 0 Å². The van der Waals surface area contributed by atoms with Crippen LogP contribution in [0.1, 0.15) is 38.5 Å². The number of halogens is 2. The van der Waals surface area contributed by atoms with Crippen LogP contribution in [-0.2, 0) is 0 Å². The lowest BCUT2D eigenvalue weighted by Crippen LogP contribution is -2.28. The first-order chi connectivity index (χ1) is 8.72. The van der Waals surface area contributed by atoms with E-state index in [-0.39, 0.29) is 10.8 Å². The van der Waals surface area contributed by atoms with Gasteiger partial charge in [-0.2, -0.15) is 0 Å². The molecule has 0 amide bonds. The van der Waals surface area contributed by atoms with Gasteiger partial charge in [0, 0.05) is 11.7 Å². The van der Waals surface area contributed by atoms with Crippen LogP contribution in [0.25, 0.3) is 0 Å². The molecule has 2 unspecified atom stereocenters. The van der Waals surface area contributed by atoms with Gasteiger partial charge in [-0.3, -0.25) is 0 Å². The van der Waals surface area contributed by atoms with Crippen molar-refractivity contribution < 1.29 is 4.39 Å². The Balaban J connectivity index is 1.62. The van der Waals surface area contributed by atoms with Crippen LogP contribution in [0, 0.1) is 17.7 Å². The largest absolute Gasteiger partial charge is 0.382 e. The molecule has 2 saturated carbocycles. The van der Waals surface area contributed by atoms with Gasteiger partial charge in [0.25, 0.3) is 0 Å². The van der Waals surface area contributed by atoms with Crippen LogP contribution in [0.3, 0.4) is 0 Å². The molecule has 0 spiro atoms. The van der Waals surface area contributed by atoms with Crippen molar-refractivity contribution in [3.05, 3.63) is 29.0 Å². The molecule has 0 radical (unpaired) electrons. The van der Waals surface area contributed by atoms with Gasteiger partial charge in [-0.15, -0.1) is 0 Å². The van der Waals surface area contributed by atoms with Gasteiger partial charge < -0.3 is 5.32 Å². The lowest BCUT2D eigenvalue weighted by molar-refractivity contribution is 0.303. The lowest BCUT2D eigenvalue weighted by Gasteiger charge is -2.30. The van der Waals surface area contributed by atoms with Crippen LogP contribution in [0.4, 0.5) is 10.1 Å². The zero-order chi connectivity index (χ0) is 12.5. The average Bonchev–Trinajstić information content (AvgIpc) is 3.18. The van der Waals surface area contributed by atoms with E-state index in [1.165, 1.54) is 44.6 Å².